The SMILES string of the molecule is CC(C)c1ccnc(CC2CCCCC2)c1. The van der Waals surface area contributed by atoms with E-state index >= 15 is 0 Å². The molecule has 88 valence electrons. The predicted molar refractivity (Wildman–Crippen MR) is 68.6 cm³/mol. The average Bonchev–Trinajstić information content (AvgIpc) is 2.30. The van der Waals surface area contributed by atoms with E-state index in [4.69, 9.17) is 0 Å². The molecule has 16 heavy (non-hydrogen) atoms. The van der Waals surface area contributed by atoms with Gasteiger partial charge < -0.3 is 0 Å². The molecule has 1 saturated carbocycles. The number of hydrogen-bond donors (Lipinski definition) is 0. The maximum Gasteiger partial charge on any atom is 0.0409 e. The Morgan fingerprint density at radius 3 is 2.69 bits per heavy atom. The summed E-state index contributed by atoms with van der Waals surface area (Å²) in [7, 11) is 0. The first-order chi connectivity index (χ1) is 7.75. The Morgan fingerprint density at radius 1 is 1.25 bits per heavy atom. The van der Waals surface area contributed by atoms with E-state index < -0.39 is 0 Å². The van der Waals surface area contributed by atoms with Gasteiger partial charge in [0.2, 0.25) is 0 Å². The number of pyridine rings is 1. The monoisotopic (exact) mass is 217 g/mol. The fourth-order valence-electron chi connectivity index (χ4n) is 2.65. The zero-order valence-corrected chi connectivity index (χ0v) is 10.6. The predicted octanol–water partition coefficient (Wildman–Crippen LogP) is 4.33. The summed E-state index contributed by atoms with van der Waals surface area (Å²) >= 11 is 0. The summed E-state index contributed by atoms with van der Waals surface area (Å²) in [6.07, 6.45) is 10.3. The van der Waals surface area contributed by atoms with Gasteiger partial charge in [0.05, 0.1) is 0 Å². The molecule has 1 aliphatic rings. The molecule has 2 rings (SSSR count). The summed E-state index contributed by atoms with van der Waals surface area (Å²) in [6.45, 7) is 4.50. The Balaban J connectivity index is 2.00. The fourth-order valence-corrected chi connectivity index (χ4v) is 2.65. The van der Waals surface area contributed by atoms with Gasteiger partial charge in [-0.25, -0.2) is 0 Å². The van der Waals surface area contributed by atoms with Crippen LogP contribution in [0.3, 0.4) is 0 Å². The minimum Gasteiger partial charge on any atom is -0.261 e. The fraction of sp³-hybridized carbons (Fsp3) is 0.667. The zero-order valence-electron chi connectivity index (χ0n) is 10.6. The highest BCUT2D eigenvalue weighted by Gasteiger charge is 2.14. The van der Waals surface area contributed by atoms with Crippen molar-refractivity contribution >= 4 is 0 Å². The maximum atomic E-state index is 4.52. The van der Waals surface area contributed by atoms with E-state index in [1.54, 1.807) is 0 Å². The molecule has 0 saturated heterocycles. The largest absolute Gasteiger partial charge is 0.261 e. The van der Waals surface area contributed by atoms with Crippen molar-refractivity contribution < 1.29 is 0 Å². The second-order valence-corrected chi connectivity index (χ2v) is 5.44. The van der Waals surface area contributed by atoms with Crippen molar-refractivity contribution in [2.24, 2.45) is 5.92 Å². The summed E-state index contributed by atoms with van der Waals surface area (Å²) in [5.74, 6) is 1.51. The molecular formula is C15H23N. The third-order valence-electron chi connectivity index (χ3n) is 3.73. The second kappa shape index (κ2) is 5.47. The highest BCUT2D eigenvalue weighted by atomic mass is 14.7. The molecule has 1 aliphatic carbocycles. The molecule has 0 N–H and O–H groups in total. The Labute approximate surface area is 99.3 Å². The van der Waals surface area contributed by atoms with Crippen LogP contribution in [0, 0.1) is 5.92 Å². The smallest absolute Gasteiger partial charge is 0.0409 e. The third kappa shape index (κ3) is 3.07. The topological polar surface area (TPSA) is 12.9 Å². The van der Waals surface area contributed by atoms with Gasteiger partial charge in [0, 0.05) is 11.9 Å². The molecule has 0 atom stereocenters. The number of hydrogen-bond acceptors (Lipinski definition) is 1. The van der Waals surface area contributed by atoms with E-state index in [9.17, 15) is 0 Å². The van der Waals surface area contributed by atoms with Crippen LogP contribution in [0.5, 0.6) is 0 Å². The Kier molecular flexibility index (Phi) is 3.98. The molecule has 0 radical (unpaired) electrons. The first-order valence-electron chi connectivity index (χ1n) is 6.70. The lowest BCUT2D eigenvalue weighted by molar-refractivity contribution is 0.354. The Hall–Kier alpha value is -0.850. The molecule has 0 aromatic carbocycles. The van der Waals surface area contributed by atoms with Gasteiger partial charge in [-0.1, -0.05) is 46.0 Å². The van der Waals surface area contributed by atoms with Crippen LogP contribution in [0.1, 0.15) is 63.1 Å². The molecule has 1 heteroatoms. The minimum absolute atomic E-state index is 0.619. The summed E-state index contributed by atoms with van der Waals surface area (Å²) in [5, 5.41) is 0. The van der Waals surface area contributed by atoms with E-state index in [-0.39, 0.29) is 0 Å². The van der Waals surface area contributed by atoms with Crippen molar-refractivity contribution in [1.29, 1.82) is 0 Å². The minimum atomic E-state index is 0.619. The molecule has 0 aliphatic heterocycles. The van der Waals surface area contributed by atoms with Gasteiger partial charge in [0.15, 0.2) is 0 Å². The lowest BCUT2D eigenvalue weighted by atomic mass is 9.85. The van der Waals surface area contributed by atoms with Gasteiger partial charge in [-0.05, 0) is 36.0 Å². The highest BCUT2D eigenvalue weighted by Crippen LogP contribution is 2.27. The number of rotatable bonds is 3. The molecule has 1 heterocycles. The molecule has 1 aromatic rings. The highest BCUT2D eigenvalue weighted by molar-refractivity contribution is 5.19. The van der Waals surface area contributed by atoms with Crippen LogP contribution in [0.4, 0.5) is 0 Å². The van der Waals surface area contributed by atoms with Gasteiger partial charge in [-0.2, -0.15) is 0 Å². The maximum absolute atomic E-state index is 4.52. The molecule has 0 unspecified atom stereocenters. The van der Waals surface area contributed by atoms with E-state index in [2.05, 4.69) is 31.0 Å². The normalized spacial score (nSPS) is 17.9. The summed E-state index contributed by atoms with van der Waals surface area (Å²) in [5.41, 5.74) is 2.74. The van der Waals surface area contributed by atoms with Gasteiger partial charge in [0.25, 0.3) is 0 Å². The van der Waals surface area contributed by atoms with E-state index in [1.807, 2.05) is 6.20 Å². The second-order valence-electron chi connectivity index (χ2n) is 5.44. The summed E-state index contributed by atoms with van der Waals surface area (Å²) in [4.78, 5) is 4.52. The van der Waals surface area contributed by atoms with Crippen LogP contribution in [0.2, 0.25) is 0 Å². The van der Waals surface area contributed by atoms with Crippen molar-refractivity contribution in [2.45, 2.75) is 58.3 Å². The van der Waals surface area contributed by atoms with Crippen molar-refractivity contribution in [3.63, 3.8) is 0 Å². The van der Waals surface area contributed by atoms with Gasteiger partial charge in [-0.15, -0.1) is 0 Å². The molecule has 1 aromatic heterocycles. The van der Waals surface area contributed by atoms with Gasteiger partial charge in [0.1, 0.15) is 0 Å². The molecule has 0 spiro atoms. The molecule has 0 amide bonds. The number of nitrogens with zero attached hydrogens (tertiary/aromatic N) is 1. The van der Waals surface area contributed by atoms with Crippen LogP contribution >= 0.6 is 0 Å². The Morgan fingerprint density at radius 2 is 2.00 bits per heavy atom. The van der Waals surface area contributed by atoms with Crippen LogP contribution < -0.4 is 0 Å². The van der Waals surface area contributed by atoms with Crippen molar-refractivity contribution in [2.75, 3.05) is 0 Å². The van der Waals surface area contributed by atoms with Crippen molar-refractivity contribution in [3.05, 3.63) is 29.6 Å². The van der Waals surface area contributed by atoms with Crippen LogP contribution in [0.25, 0.3) is 0 Å². The zero-order chi connectivity index (χ0) is 11.4. The van der Waals surface area contributed by atoms with E-state index in [1.165, 1.54) is 49.8 Å². The lowest BCUT2D eigenvalue weighted by Gasteiger charge is -2.21. The molecule has 1 fully saturated rings. The molecule has 0 bridgehead atoms. The quantitative estimate of drug-likeness (QED) is 0.734. The van der Waals surface area contributed by atoms with E-state index in [0.717, 1.165) is 5.92 Å². The molecule has 1 nitrogen and oxygen atoms in total. The summed E-state index contributed by atoms with van der Waals surface area (Å²) < 4.78 is 0. The van der Waals surface area contributed by atoms with Crippen molar-refractivity contribution in [3.8, 4) is 0 Å². The Bertz CT molecular complexity index is 324. The summed E-state index contributed by atoms with van der Waals surface area (Å²) in [6, 6.07) is 4.45. The van der Waals surface area contributed by atoms with Crippen LogP contribution in [0.15, 0.2) is 18.3 Å². The standard InChI is InChI=1S/C15H23N/c1-12(2)14-8-9-16-15(11-14)10-13-6-4-3-5-7-13/h8-9,11-13H,3-7,10H2,1-2H3. The first-order valence-corrected chi connectivity index (χ1v) is 6.70. The van der Waals surface area contributed by atoms with E-state index in [0.29, 0.717) is 5.92 Å². The van der Waals surface area contributed by atoms with Crippen LogP contribution in [-0.2, 0) is 6.42 Å². The van der Waals surface area contributed by atoms with Crippen LogP contribution in [-0.4, -0.2) is 4.98 Å². The number of aromatic nitrogens is 1. The van der Waals surface area contributed by atoms with Gasteiger partial charge >= 0.3 is 0 Å². The first kappa shape index (κ1) is 11.6. The molecular weight excluding hydrogens is 194 g/mol. The average molecular weight is 217 g/mol. The lowest BCUT2D eigenvalue weighted by Crippen LogP contribution is -2.10. The van der Waals surface area contributed by atoms with Crippen molar-refractivity contribution in [1.82, 2.24) is 4.98 Å². The van der Waals surface area contributed by atoms with Gasteiger partial charge in [-0.3, -0.25) is 4.98 Å². The third-order valence-corrected chi connectivity index (χ3v) is 3.73.